The second-order valence-corrected chi connectivity index (χ2v) is 4.88. The number of hydrogen-bond acceptors (Lipinski definition) is 1. The summed E-state index contributed by atoms with van der Waals surface area (Å²) in [6, 6.07) is 0. The van der Waals surface area contributed by atoms with Gasteiger partial charge in [0.05, 0.1) is 0 Å². The zero-order valence-electron chi connectivity index (χ0n) is 9.22. The molecule has 0 aromatic heterocycles. The molecule has 0 radical (unpaired) electrons. The summed E-state index contributed by atoms with van der Waals surface area (Å²) in [4.78, 5) is 0. The zero-order chi connectivity index (χ0) is 9.90. The first-order valence-corrected chi connectivity index (χ1v) is 5.06. The lowest BCUT2D eigenvalue weighted by Gasteiger charge is -2.29. The topological polar surface area (TPSA) is 12.0 Å². The van der Waals surface area contributed by atoms with Crippen molar-refractivity contribution in [3.05, 3.63) is 23.8 Å². The molecular weight excluding hydrogens is 158 g/mol. The minimum Gasteiger partial charge on any atom is -0.316 e. The monoisotopic (exact) mass is 179 g/mol. The van der Waals surface area contributed by atoms with Gasteiger partial charge < -0.3 is 5.32 Å². The quantitative estimate of drug-likeness (QED) is 0.687. The Hall–Kier alpha value is -0.560. The molecule has 1 nitrogen and oxygen atoms in total. The molecule has 0 fully saturated rings. The van der Waals surface area contributed by atoms with Crippen molar-refractivity contribution in [2.75, 3.05) is 13.6 Å². The maximum atomic E-state index is 3.17. The Bertz CT molecular complexity index is 218. The van der Waals surface area contributed by atoms with Crippen molar-refractivity contribution >= 4 is 0 Å². The molecule has 0 saturated heterocycles. The molecule has 0 aromatic rings. The first-order chi connectivity index (χ1) is 6.04. The molecule has 0 amide bonds. The lowest BCUT2D eigenvalue weighted by molar-refractivity contribution is 0.293. The van der Waals surface area contributed by atoms with E-state index in [2.05, 4.69) is 44.3 Å². The van der Waals surface area contributed by atoms with Gasteiger partial charge in [-0.25, -0.2) is 0 Å². The van der Waals surface area contributed by atoms with Crippen LogP contribution in [0.1, 0.15) is 27.2 Å². The molecule has 0 saturated carbocycles. The summed E-state index contributed by atoms with van der Waals surface area (Å²) in [5.74, 6) is 0.702. The first kappa shape index (κ1) is 10.5. The lowest BCUT2D eigenvalue weighted by Crippen LogP contribution is -2.20. The molecule has 1 unspecified atom stereocenters. The highest BCUT2D eigenvalue weighted by molar-refractivity contribution is 5.25. The maximum absolute atomic E-state index is 3.17. The third-order valence-electron chi connectivity index (χ3n) is 2.67. The van der Waals surface area contributed by atoms with Crippen LogP contribution >= 0.6 is 0 Å². The highest BCUT2D eigenvalue weighted by Crippen LogP contribution is 2.32. The van der Waals surface area contributed by atoms with Crippen LogP contribution < -0.4 is 5.32 Å². The van der Waals surface area contributed by atoms with E-state index >= 15 is 0 Å². The normalized spacial score (nSPS) is 23.1. The van der Waals surface area contributed by atoms with E-state index in [-0.39, 0.29) is 0 Å². The Labute approximate surface area is 81.9 Å². The van der Waals surface area contributed by atoms with Crippen LogP contribution in [0.4, 0.5) is 0 Å². The Kier molecular flexibility index (Phi) is 3.32. The molecule has 0 aromatic carbocycles. The van der Waals surface area contributed by atoms with Gasteiger partial charge in [-0.05, 0) is 30.4 Å². The Morgan fingerprint density at radius 2 is 2.15 bits per heavy atom. The van der Waals surface area contributed by atoms with Gasteiger partial charge in [-0.2, -0.15) is 0 Å². The number of likely N-dealkylation sites (N-methyl/N-ethyl adjacent to an activating group) is 1. The van der Waals surface area contributed by atoms with Gasteiger partial charge in [-0.1, -0.05) is 39.0 Å². The van der Waals surface area contributed by atoms with Crippen LogP contribution in [0.5, 0.6) is 0 Å². The number of hydrogen-bond donors (Lipinski definition) is 1. The summed E-state index contributed by atoms with van der Waals surface area (Å²) < 4.78 is 0. The van der Waals surface area contributed by atoms with Gasteiger partial charge in [-0.3, -0.25) is 0 Å². The highest BCUT2D eigenvalue weighted by atomic mass is 14.8. The largest absolute Gasteiger partial charge is 0.316 e. The van der Waals surface area contributed by atoms with Gasteiger partial charge >= 0.3 is 0 Å². The fraction of sp³-hybridized carbons (Fsp3) is 0.667. The van der Waals surface area contributed by atoms with E-state index in [9.17, 15) is 0 Å². The number of rotatable bonds is 2. The Morgan fingerprint density at radius 1 is 1.46 bits per heavy atom. The van der Waals surface area contributed by atoms with Gasteiger partial charge in [-0.15, -0.1) is 0 Å². The molecule has 74 valence electrons. The van der Waals surface area contributed by atoms with E-state index in [1.165, 1.54) is 12.0 Å². The molecule has 1 heteroatoms. The number of allylic oxidation sites excluding steroid dienone is 2. The van der Waals surface area contributed by atoms with Crippen LogP contribution in [0.25, 0.3) is 0 Å². The fourth-order valence-electron chi connectivity index (χ4n) is 1.64. The van der Waals surface area contributed by atoms with Crippen LogP contribution in [0.3, 0.4) is 0 Å². The predicted molar refractivity (Wildman–Crippen MR) is 58.7 cm³/mol. The van der Waals surface area contributed by atoms with Gasteiger partial charge in [0.25, 0.3) is 0 Å². The van der Waals surface area contributed by atoms with Gasteiger partial charge in [0.2, 0.25) is 0 Å². The fourth-order valence-corrected chi connectivity index (χ4v) is 1.64. The van der Waals surface area contributed by atoms with Gasteiger partial charge in [0.15, 0.2) is 0 Å². The average molecular weight is 179 g/mol. The SMILES string of the molecule is CNCC1=CCC(C(C)(C)C)C=C1. The molecule has 1 rings (SSSR count). The number of nitrogens with one attached hydrogen (secondary N) is 1. The standard InChI is InChI=1S/C12H21N/c1-12(2,3)11-7-5-10(6-8-11)9-13-4/h5-7,11,13H,8-9H2,1-4H3. The third kappa shape index (κ3) is 3.00. The van der Waals surface area contributed by atoms with Crippen LogP contribution in [-0.2, 0) is 0 Å². The van der Waals surface area contributed by atoms with E-state index in [0.717, 1.165) is 6.54 Å². The molecular formula is C12H21N. The van der Waals surface area contributed by atoms with Gasteiger partial charge in [0, 0.05) is 6.54 Å². The molecule has 0 spiro atoms. The summed E-state index contributed by atoms with van der Waals surface area (Å²) in [7, 11) is 1.99. The molecule has 1 atom stereocenters. The summed E-state index contributed by atoms with van der Waals surface area (Å²) in [6.45, 7) is 7.91. The molecule has 13 heavy (non-hydrogen) atoms. The maximum Gasteiger partial charge on any atom is 0.0199 e. The van der Waals surface area contributed by atoms with Crippen molar-refractivity contribution in [3.8, 4) is 0 Å². The lowest BCUT2D eigenvalue weighted by atomic mass is 9.76. The van der Waals surface area contributed by atoms with Crippen molar-refractivity contribution < 1.29 is 0 Å². The van der Waals surface area contributed by atoms with E-state index in [0.29, 0.717) is 11.3 Å². The minimum absolute atomic E-state index is 0.401. The van der Waals surface area contributed by atoms with Crippen LogP contribution in [0.15, 0.2) is 23.8 Å². The molecule has 1 N–H and O–H groups in total. The highest BCUT2D eigenvalue weighted by Gasteiger charge is 2.22. The molecule has 1 aliphatic rings. The van der Waals surface area contributed by atoms with E-state index in [4.69, 9.17) is 0 Å². The minimum atomic E-state index is 0.401. The predicted octanol–water partition coefficient (Wildman–Crippen LogP) is 2.75. The van der Waals surface area contributed by atoms with E-state index in [1.807, 2.05) is 7.05 Å². The van der Waals surface area contributed by atoms with Crippen LogP contribution in [0.2, 0.25) is 0 Å². The van der Waals surface area contributed by atoms with Crippen molar-refractivity contribution in [1.29, 1.82) is 0 Å². The first-order valence-electron chi connectivity index (χ1n) is 5.06. The Balaban J connectivity index is 2.53. The van der Waals surface area contributed by atoms with Gasteiger partial charge in [0.1, 0.15) is 0 Å². The second kappa shape index (κ2) is 4.10. The van der Waals surface area contributed by atoms with Crippen molar-refractivity contribution in [3.63, 3.8) is 0 Å². The zero-order valence-corrected chi connectivity index (χ0v) is 9.22. The van der Waals surface area contributed by atoms with E-state index in [1.54, 1.807) is 0 Å². The van der Waals surface area contributed by atoms with Crippen molar-refractivity contribution in [2.45, 2.75) is 27.2 Å². The molecule has 0 bridgehead atoms. The summed E-state index contributed by atoms with van der Waals surface area (Å²) in [5, 5.41) is 3.17. The smallest absolute Gasteiger partial charge is 0.0199 e. The van der Waals surface area contributed by atoms with Crippen molar-refractivity contribution in [2.24, 2.45) is 11.3 Å². The molecule has 0 aliphatic heterocycles. The Morgan fingerprint density at radius 3 is 2.54 bits per heavy atom. The average Bonchev–Trinajstić information content (AvgIpc) is 2.04. The van der Waals surface area contributed by atoms with E-state index < -0.39 is 0 Å². The van der Waals surface area contributed by atoms with Crippen LogP contribution in [-0.4, -0.2) is 13.6 Å². The molecule has 0 heterocycles. The summed E-state index contributed by atoms with van der Waals surface area (Å²) >= 11 is 0. The molecule has 1 aliphatic carbocycles. The summed E-state index contributed by atoms with van der Waals surface area (Å²) in [5.41, 5.74) is 1.82. The van der Waals surface area contributed by atoms with Crippen molar-refractivity contribution in [1.82, 2.24) is 5.32 Å². The third-order valence-corrected chi connectivity index (χ3v) is 2.67. The van der Waals surface area contributed by atoms with Crippen LogP contribution in [0, 0.1) is 11.3 Å². The second-order valence-electron chi connectivity index (χ2n) is 4.88. The summed E-state index contributed by atoms with van der Waals surface area (Å²) in [6.07, 6.45) is 8.16.